The Bertz CT molecular complexity index is 761. The molecule has 1 aliphatic heterocycles. The fraction of sp³-hybridized carbons (Fsp3) is 0.200. The smallest absolute Gasteiger partial charge is 0.368 e. The highest BCUT2D eigenvalue weighted by Gasteiger charge is 2.26. The Hall–Kier alpha value is -2.88. The van der Waals surface area contributed by atoms with Gasteiger partial charge in [0.1, 0.15) is 11.5 Å². The molecule has 122 valence electrons. The van der Waals surface area contributed by atoms with Crippen LogP contribution in [0, 0.1) is 0 Å². The summed E-state index contributed by atoms with van der Waals surface area (Å²) in [6.45, 7) is 2.85. The summed E-state index contributed by atoms with van der Waals surface area (Å²) in [5, 5.41) is 3.91. The zero-order chi connectivity index (χ0) is 16.8. The van der Waals surface area contributed by atoms with Crippen LogP contribution in [0.3, 0.4) is 0 Å². The van der Waals surface area contributed by atoms with Gasteiger partial charge in [-0.3, -0.25) is 0 Å². The minimum absolute atomic E-state index is 0.433. The van der Waals surface area contributed by atoms with E-state index >= 15 is 0 Å². The summed E-state index contributed by atoms with van der Waals surface area (Å²) in [4.78, 5) is 16.8. The lowest BCUT2D eigenvalue weighted by Gasteiger charge is -2.05. The van der Waals surface area contributed by atoms with Gasteiger partial charge in [-0.2, -0.15) is 0 Å². The van der Waals surface area contributed by atoms with Gasteiger partial charge in [-0.25, -0.2) is 4.79 Å². The van der Waals surface area contributed by atoms with Gasteiger partial charge in [0.2, 0.25) is 0 Å². The van der Waals surface area contributed by atoms with Crippen molar-refractivity contribution in [1.82, 2.24) is 0 Å². The number of carbonyl (C=O) groups is 1. The summed E-state index contributed by atoms with van der Waals surface area (Å²) in [5.74, 6) is 0.397. The first kappa shape index (κ1) is 16.0. The van der Waals surface area contributed by atoms with Gasteiger partial charge in [0.05, 0.1) is 12.2 Å². The molecule has 2 aromatic carbocycles. The molecule has 0 atom stereocenters. The van der Waals surface area contributed by atoms with E-state index in [1.54, 1.807) is 6.08 Å². The Kier molecular flexibility index (Phi) is 5.06. The molecule has 0 aromatic heterocycles. The summed E-state index contributed by atoms with van der Waals surface area (Å²) in [6.07, 6.45) is 3.93. The van der Waals surface area contributed by atoms with E-state index in [1.807, 2.05) is 54.6 Å². The van der Waals surface area contributed by atoms with Gasteiger partial charge in [-0.15, -0.1) is 0 Å². The first-order valence-corrected chi connectivity index (χ1v) is 8.07. The van der Waals surface area contributed by atoms with E-state index in [4.69, 9.17) is 9.57 Å². The van der Waals surface area contributed by atoms with E-state index in [0.29, 0.717) is 17.9 Å². The molecule has 0 radical (unpaired) electrons. The molecule has 0 saturated heterocycles. The van der Waals surface area contributed by atoms with Gasteiger partial charge in [-0.05, 0) is 30.2 Å². The normalized spacial score (nSPS) is 15.3. The molecule has 0 N–H and O–H groups in total. The minimum Gasteiger partial charge on any atom is -0.494 e. The van der Waals surface area contributed by atoms with Crippen LogP contribution in [0.15, 0.2) is 65.3 Å². The van der Waals surface area contributed by atoms with E-state index in [1.165, 1.54) is 0 Å². The second-order valence-corrected chi connectivity index (χ2v) is 5.51. The van der Waals surface area contributed by atoms with E-state index < -0.39 is 5.97 Å². The standard InChI is InChI=1S/C20H19NO3/c1-2-3-13-23-17-11-9-15(10-12-17)14-18-19(21-24-20(18)22)16-7-5-4-6-8-16/h4-12,14H,2-3,13H2,1H3/b18-14+. The second-order valence-electron chi connectivity index (χ2n) is 5.51. The molecular weight excluding hydrogens is 302 g/mol. The number of rotatable bonds is 6. The number of benzene rings is 2. The third-order valence-electron chi connectivity index (χ3n) is 3.70. The van der Waals surface area contributed by atoms with Crippen LogP contribution < -0.4 is 4.74 Å². The minimum atomic E-state index is -0.433. The Labute approximate surface area is 141 Å². The number of unbranched alkanes of at least 4 members (excludes halogenated alkanes) is 1. The Morgan fingerprint density at radius 3 is 2.54 bits per heavy atom. The van der Waals surface area contributed by atoms with Gasteiger partial charge in [0.25, 0.3) is 0 Å². The SMILES string of the molecule is CCCCOc1ccc(/C=C2/C(=O)ON=C2c2ccccc2)cc1. The van der Waals surface area contributed by atoms with E-state index in [2.05, 4.69) is 12.1 Å². The number of ether oxygens (including phenoxy) is 1. The van der Waals surface area contributed by atoms with Crippen molar-refractivity contribution in [3.8, 4) is 5.75 Å². The highest BCUT2D eigenvalue weighted by atomic mass is 16.7. The average molecular weight is 321 g/mol. The summed E-state index contributed by atoms with van der Waals surface area (Å²) < 4.78 is 5.65. The van der Waals surface area contributed by atoms with Crippen LogP contribution >= 0.6 is 0 Å². The van der Waals surface area contributed by atoms with Gasteiger partial charge in [-0.1, -0.05) is 61.0 Å². The largest absolute Gasteiger partial charge is 0.494 e. The highest BCUT2D eigenvalue weighted by molar-refractivity contribution is 6.31. The molecule has 3 rings (SSSR count). The fourth-order valence-electron chi connectivity index (χ4n) is 2.37. The molecule has 4 heteroatoms. The summed E-state index contributed by atoms with van der Waals surface area (Å²) in [7, 11) is 0. The second kappa shape index (κ2) is 7.59. The van der Waals surface area contributed by atoms with Gasteiger partial charge < -0.3 is 9.57 Å². The first-order valence-electron chi connectivity index (χ1n) is 8.07. The molecule has 24 heavy (non-hydrogen) atoms. The molecule has 0 aliphatic carbocycles. The van der Waals surface area contributed by atoms with Crippen LogP contribution in [0.5, 0.6) is 5.75 Å². The fourth-order valence-corrected chi connectivity index (χ4v) is 2.37. The van der Waals surface area contributed by atoms with Crippen molar-refractivity contribution in [3.63, 3.8) is 0 Å². The number of hydrogen-bond acceptors (Lipinski definition) is 4. The molecule has 1 heterocycles. The maximum Gasteiger partial charge on any atom is 0.368 e. The van der Waals surface area contributed by atoms with E-state index in [9.17, 15) is 4.79 Å². The molecule has 0 amide bonds. The zero-order valence-electron chi connectivity index (χ0n) is 13.6. The predicted octanol–water partition coefficient (Wildman–Crippen LogP) is 4.21. The van der Waals surface area contributed by atoms with Crippen molar-refractivity contribution in [1.29, 1.82) is 0 Å². The molecule has 2 aromatic rings. The molecule has 0 fully saturated rings. The van der Waals surface area contributed by atoms with E-state index in [-0.39, 0.29) is 0 Å². The van der Waals surface area contributed by atoms with Crippen LogP contribution in [0.25, 0.3) is 6.08 Å². The third-order valence-corrected chi connectivity index (χ3v) is 3.70. The van der Waals surface area contributed by atoms with Crippen LogP contribution in [-0.4, -0.2) is 18.3 Å². The molecule has 1 aliphatic rings. The maximum atomic E-state index is 12.0. The Morgan fingerprint density at radius 2 is 1.83 bits per heavy atom. The van der Waals surface area contributed by atoms with Crippen LogP contribution in [-0.2, 0) is 9.63 Å². The lowest BCUT2D eigenvalue weighted by atomic mass is 10.0. The number of nitrogens with zero attached hydrogens (tertiary/aromatic N) is 1. The topological polar surface area (TPSA) is 47.9 Å². The van der Waals surface area contributed by atoms with Crippen molar-refractivity contribution in [3.05, 3.63) is 71.3 Å². The molecule has 0 bridgehead atoms. The van der Waals surface area contributed by atoms with Gasteiger partial charge in [0.15, 0.2) is 0 Å². The summed E-state index contributed by atoms with van der Waals surface area (Å²) >= 11 is 0. The summed E-state index contributed by atoms with van der Waals surface area (Å²) in [6, 6.07) is 17.2. The quantitative estimate of drug-likeness (QED) is 0.455. The van der Waals surface area contributed by atoms with Crippen molar-refractivity contribution >= 4 is 17.8 Å². The molecule has 0 saturated carbocycles. The van der Waals surface area contributed by atoms with Crippen molar-refractivity contribution in [2.24, 2.45) is 5.16 Å². The highest BCUT2D eigenvalue weighted by Crippen LogP contribution is 2.22. The summed E-state index contributed by atoms with van der Waals surface area (Å²) in [5.41, 5.74) is 2.77. The lowest BCUT2D eigenvalue weighted by Crippen LogP contribution is -2.06. The van der Waals surface area contributed by atoms with Crippen molar-refractivity contribution < 1.29 is 14.4 Å². The van der Waals surface area contributed by atoms with Crippen LogP contribution in [0.4, 0.5) is 0 Å². The monoisotopic (exact) mass is 321 g/mol. The van der Waals surface area contributed by atoms with Crippen LogP contribution in [0.2, 0.25) is 0 Å². The molecule has 0 unspecified atom stereocenters. The van der Waals surface area contributed by atoms with Crippen LogP contribution in [0.1, 0.15) is 30.9 Å². The Balaban J connectivity index is 1.79. The van der Waals surface area contributed by atoms with Gasteiger partial charge >= 0.3 is 5.97 Å². The maximum absolute atomic E-state index is 12.0. The molecule has 4 nitrogen and oxygen atoms in total. The third kappa shape index (κ3) is 3.71. The average Bonchev–Trinajstić information content (AvgIpc) is 2.98. The number of carbonyl (C=O) groups excluding carboxylic acids is 1. The Morgan fingerprint density at radius 1 is 1.08 bits per heavy atom. The number of hydrogen-bond donors (Lipinski definition) is 0. The van der Waals surface area contributed by atoms with Crippen molar-refractivity contribution in [2.45, 2.75) is 19.8 Å². The zero-order valence-corrected chi connectivity index (χ0v) is 13.6. The first-order chi connectivity index (χ1) is 11.8. The van der Waals surface area contributed by atoms with Crippen molar-refractivity contribution in [2.75, 3.05) is 6.61 Å². The number of oxime groups is 1. The van der Waals surface area contributed by atoms with E-state index in [0.717, 1.165) is 29.7 Å². The van der Waals surface area contributed by atoms with Gasteiger partial charge in [0, 0.05) is 5.56 Å². The predicted molar refractivity (Wildman–Crippen MR) is 93.9 cm³/mol. The lowest BCUT2D eigenvalue weighted by molar-refractivity contribution is -0.136. The molecule has 0 spiro atoms. The molecular formula is C20H19NO3.